The molecule has 0 aliphatic heterocycles. The van der Waals surface area contributed by atoms with E-state index in [2.05, 4.69) is 20.7 Å². The summed E-state index contributed by atoms with van der Waals surface area (Å²) in [5.41, 5.74) is 4.11. The number of benzene rings is 1. The Labute approximate surface area is 135 Å². The second-order valence-electron chi connectivity index (χ2n) is 4.83. The van der Waals surface area contributed by atoms with Gasteiger partial charge in [-0.2, -0.15) is 10.2 Å². The van der Waals surface area contributed by atoms with Gasteiger partial charge < -0.3 is 0 Å². The van der Waals surface area contributed by atoms with Crippen molar-refractivity contribution in [2.75, 3.05) is 0 Å². The average molecular weight is 328 g/mol. The fourth-order valence-electron chi connectivity index (χ4n) is 1.92. The van der Waals surface area contributed by atoms with Gasteiger partial charge in [0.2, 0.25) is 0 Å². The Hall–Kier alpha value is -2.80. The number of nitrogens with one attached hydrogen (secondary N) is 2. The van der Waals surface area contributed by atoms with Gasteiger partial charge >= 0.3 is 0 Å². The van der Waals surface area contributed by atoms with Gasteiger partial charge in [-0.25, -0.2) is 9.82 Å². The highest BCUT2D eigenvalue weighted by Gasteiger charge is 2.11. The number of carbonyl (C=O) groups excluding carboxylic acids is 1. The third-order valence-electron chi connectivity index (χ3n) is 3.07. The van der Waals surface area contributed by atoms with Crippen molar-refractivity contribution < 1.29 is 9.18 Å². The lowest BCUT2D eigenvalue weighted by Gasteiger charge is -1.95. The summed E-state index contributed by atoms with van der Waals surface area (Å²) in [6.45, 7) is 2.02. The number of thiophene rings is 1. The van der Waals surface area contributed by atoms with E-state index in [1.165, 1.54) is 23.2 Å². The molecule has 1 amide bonds. The zero-order chi connectivity index (χ0) is 16.2. The third kappa shape index (κ3) is 3.70. The average Bonchev–Trinajstić information content (AvgIpc) is 3.18. The number of nitrogens with zero attached hydrogens (tertiary/aromatic N) is 2. The highest BCUT2D eigenvalue weighted by atomic mass is 32.1. The lowest BCUT2D eigenvalue weighted by atomic mass is 10.2. The van der Waals surface area contributed by atoms with Crippen molar-refractivity contribution in [1.29, 1.82) is 0 Å². The second-order valence-corrected chi connectivity index (χ2v) is 6.12. The molecule has 0 fully saturated rings. The van der Waals surface area contributed by atoms with Crippen LogP contribution in [0, 0.1) is 12.7 Å². The minimum atomic E-state index is -0.417. The van der Waals surface area contributed by atoms with Crippen LogP contribution in [-0.2, 0) is 0 Å². The summed E-state index contributed by atoms with van der Waals surface area (Å²) < 4.78 is 12.8. The summed E-state index contributed by atoms with van der Waals surface area (Å²) in [5.74, 6) is -0.738. The van der Waals surface area contributed by atoms with Crippen LogP contribution in [0.2, 0.25) is 0 Å². The Balaban J connectivity index is 1.64. The van der Waals surface area contributed by atoms with Crippen LogP contribution in [-0.4, -0.2) is 22.3 Å². The van der Waals surface area contributed by atoms with Crippen LogP contribution in [0.4, 0.5) is 4.39 Å². The maximum atomic E-state index is 12.8. The minimum Gasteiger partial charge on any atom is -0.276 e. The molecule has 7 heteroatoms. The zero-order valence-corrected chi connectivity index (χ0v) is 13.0. The molecule has 0 radical (unpaired) electrons. The molecule has 1 aromatic carbocycles. The van der Waals surface area contributed by atoms with Gasteiger partial charge in [0, 0.05) is 4.88 Å². The largest absolute Gasteiger partial charge is 0.291 e. The van der Waals surface area contributed by atoms with Crippen LogP contribution in [0.3, 0.4) is 0 Å². The van der Waals surface area contributed by atoms with Crippen molar-refractivity contribution >= 4 is 23.5 Å². The Bertz CT molecular complexity index is 851. The number of carbonyl (C=O) groups is 1. The fraction of sp³-hybridized carbons (Fsp3) is 0.0625. The zero-order valence-electron chi connectivity index (χ0n) is 12.2. The first-order valence-corrected chi connectivity index (χ1v) is 7.64. The SMILES string of the molecule is Cc1ccc(-c2cc(C(=O)N/N=C\c3ccc(F)cc3)n[nH]2)s1. The van der Waals surface area contributed by atoms with E-state index >= 15 is 0 Å². The number of halogens is 1. The summed E-state index contributed by atoms with van der Waals surface area (Å²) in [6, 6.07) is 11.4. The van der Waals surface area contributed by atoms with Gasteiger partial charge in [0.1, 0.15) is 5.82 Å². The van der Waals surface area contributed by atoms with Gasteiger partial charge in [0.25, 0.3) is 5.91 Å². The first kappa shape index (κ1) is 15.1. The van der Waals surface area contributed by atoms with E-state index in [9.17, 15) is 9.18 Å². The van der Waals surface area contributed by atoms with Crippen LogP contribution in [0.15, 0.2) is 47.6 Å². The van der Waals surface area contributed by atoms with E-state index in [-0.39, 0.29) is 11.5 Å². The summed E-state index contributed by atoms with van der Waals surface area (Å²) >= 11 is 1.62. The number of aryl methyl sites for hydroxylation is 1. The molecule has 0 unspecified atom stereocenters. The van der Waals surface area contributed by atoms with E-state index < -0.39 is 5.91 Å². The van der Waals surface area contributed by atoms with E-state index in [1.54, 1.807) is 29.5 Å². The first-order valence-electron chi connectivity index (χ1n) is 6.83. The Morgan fingerprint density at radius 2 is 2.09 bits per heavy atom. The third-order valence-corrected chi connectivity index (χ3v) is 4.10. The summed E-state index contributed by atoms with van der Waals surface area (Å²) in [5, 5.41) is 10.7. The molecule has 2 heterocycles. The molecule has 23 heavy (non-hydrogen) atoms. The minimum absolute atomic E-state index is 0.252. The molecule has 0 aliphatic rings. The van der Waals surface area contributed by atoms with Gasteiger partial charge in [-0.1, -0.05) is 12.1 Å². The molecule has 0 saturated carbocycles. The molecule has 116 valence electrons. The lowest BCUT2D eigenvalue weighted by molar-refractivity contribution is 0.0950. The predicted molar refractivity (Wildman–Crippen MR) is 88.1 cm³/mol. The van der Waals surface area contributed by atoms with E-state index in [0.717, 1.165) is 10.6 Å². The van der Waals surface area contributed by atoms with Gasteiger partial charge in [0.05, 0.1) is 16.8 Å². The van der Waals surface area contributed by atoms with E-state index in [1.807, 2.05) is 19.1 Å². The fourth-order valence-corrected chi connectivity index (χ4v) is 2.75. The van der Waals surface area contributed by atoms with Crippen molar-refractivity contribution in [3.05, 3.63) is 64.4 Å². The Morgan fingerprint density at radius 1 is 1.30 bits per heavy atom. The van der Waals surface area contributed by atoms with Crippen molar-refractivity contribution in [3.8, 4) is 10.6 Å². The number of hydrazone groups is 1. The van der Waals surface area contributed by atoms with Crippen LogP contribution in [0.5, 0.6) is 0 Å². The first-order chi connectivity index (χ1) is 11.1. The van der Waals surface area contributed by atoms with Crippen LogP contribution >= 0.6 is 11.3 Å². The molecule has 0 spiro atoms. The molecule has 3 rings (SSSR count). The molecule has 3 aromatic rings. The maximum absolute atomic E-state index is 12.8. The highest BCUT2D eigenvalue weighted by Crippen LogP contribution is 2.26. The monoisotopic (exact) mass is 328 g/mol. The highest BCUT2D eigenvalue weighted by molar-refractivity contribution is 7.15. The number of amides is 1. The molecule has 2 N–H and O–H groups in total. The smallest absolute Gasteiger partial charge is 0.276 e. The summed E-state index contributed by atoms with van der Waals surface area (Å²) in [4.78, 5) is 14.2. The standard InChI is InChI=1S/C16H13FN4OS/c1-10-2-7-15(23-10)13-8-14(20-19-13)16(22)21-18-9-11-3-5-12(17)6-4-11/h2-9H,1H3,(H,19,20)(H,21,22)/b18-9-. The van der Waals surface area contributed by atoms with Crippen LogP contribution in [0.25, 0.3) is 10.6 Å². The normalized spacial score (nSPS) is 11.0. The molecule has 2 aromatic heterocycles. The molecule has 0 bridgehead atoms. The molecule has 5 nitrogen and oxygen atoms in total. The van der Waals surface area contributed by atoms with Gasteiger partial charge in [-0.15, -0.1) is 11.3 Å². The lowest BCUT2D eigenvalue weighted by Crippen LogP contribution is -2.17. The number of aromatic nitrogens is 2. The predicted octanol–water partition coefficient (Wildman–Crippen LogP) is 3.35. The molecular weight excluding hydrogens is 315 g/mol. The van der Waals surface area contributed by atoms with Crippen molar-refractivity contribution in [2.45, 2.75) is 6.92 Å². The summed E-state index contributed by atoms with van der Waals surface area (Å²) in [7, 11) is 0. The quantitative estimate of drug-likeness (QED) is 0.569. The molecule has 0 aliphatic carbocycles. The molecular formula is C16H13FN4OS. The number of hydrogen-bond acceptors (Lipinski definition) is 4. The number of hydrogen-bond donors (Lipinski definition) is 2. The van der Waals surface area contributed by atoms with E-state index in [4.69, 9.17) is 0 Å². The topological polar surface area (TPSA) is 70.1 Å². The molecule has 0 atom stereocenters. The van der Waals surface area contributed by atoms with Gasteiger partial charge in [0.15, 0.2) is 5.69 Å². The van der Waals surface area contributed by atoms with Gasteiger partial charge in [-0.05, 0) is 42.8 Å². The number of aromatic amines is 1. The summed E-state index contributed by atoms with van der Waals surface area (Å²) in [6.07, 6.45) is 1.44. The number of rotatable bonds is 4. The van der Waals surface area contributed by atoms with Gasteiger partial charge in [-0.3, -0.25) is 9.89 Å². The van der Waals surface area contributed by atoms with E-state index in [0.29, 0.717) is 5.56 Å². The maximum Gasteiger partial charge on any atom is 0.291 e. The van der Waals surface area contributed by atoms with Crippen LogP contribution in [0.1, 0.15) is 20.9 Å². The second kappa shape index (κ2) is 6.53. The Morgan fingerprint density at radius 3 is 2.78 bits per heavy atom. The number of H-pyrrole nitrogens is 1. The van der Waals surface area contributed by atoms with Crippen molar-refractivity contribution in [1.82, 2.24) is 15.6 Å². The van der Waals surface area contributed by atoms with Crippen LogP contribution < -0.4 is 5.43 Å². The Kier molecular flexibility index (Phi) is 4.29. The van der Waals surface area contributed by atoms with Crippen molar-refractivity contribution in [3.63, 3.8) is 0 Å². The van der Waals surface area contributed by atoms with Crippen molar-refractivity contribution in [2.24, 2.45) is 5.10 Å². The molecule has 0 saturated heterocycles.